The van der Waals surface area contributed by atoms with Gasteiger partial charge in [0.05, 0.1) is 5.56 Å². The van der Waals surface area contributed by atoms with Crippen molar-refractivity contribution in [3.63, 3.8) is 0 Å². The Morgan fingerprint density at radius 1 is 1.07 bits per heavy atom. The van der Waals surface area contributed by atoms with Crippen molar-refractivity contribution < 1.29 is 19.5 Å². The first-order valence-electron chi connectivity index (χ1n) is 8.86. The molecule has 1 fully saturated rings. The Labute approximate surface area is 157 Å². The van der Waals surface area contributed by atoms with Crippen molar-refractivity contribution in [1.29, 1.82) is 0 Å². The summed E-state index contributed by atoms with van der Waals surface area (Å²) in [5, 5.41) is 12.0. The molecule has 1 aliphatic rings. The van der Waals surface area contributed by atoms with Crippen LogP contribution in [0.1, 0.15) is 44.0 Å². The van der Waals surface area contributed by atoms with Crippen molar-refractivity contribution in [2.24, 2.45) is 5.92 Å². The Morgan fingerprint density at radius 2 is 1.81 bits per heavy atom. The second kappa shape index (κ2) is 8.44. The second-order valence-corrected chi connectivity index (χ2v) is 6.55. The van der Waals surface area contributed by atoms with Gasteiger partial charge in [-0.15, -0.1) is 0 Å². The Kier molecular flexibility index (Phi) is 5.80. The van der Waals surface area contributed by atoms with Gasteiger partial charge in [0.15, 0.2) is 0 Å². The Hall–Kier alpha value is -3.22. The first-order valence-corrected chi connectivity index (χ1v) is 8.86. The number of benzene rings is 1. The van der Waals surface area contributed by atoms with E-state index in [0.29, 0.717) is 36.8 Å². The fourth-order valence-electron chi connectivity index (χ4n) is 3.13. The van der Waals surface area contributed by atoms with Crippen molar-refractivity contribution in [2.75, 3.05) is 19.6 Å². The lowest BCUT2D eigenvalue weighted by Crippen LogP contribution is -2.41. The minimum atomic E-state index is -1.05. The van der Waals surface area contributed by atoms with Gasteiger partial charge in [0.2, 0.25) is 0 Å². The number of aromatic carboxylic acids is 1. The van der Waals surface area contributed by atoms with Gasteiger partial charge in [-0.2, -0.15) is 0 Å². The number of amides is 2. The van der Waals surface area contributed by atoms with E-state index in [-0.39, 0.29) is 17.4 Å². The third-order valence-corrected chi connectivity index (χ3v) is 4.71. The molecule has 0 bridgehead atoms. The van der Waals surface area contributed by atoms with Crippen LogP contribution in [0.3, 0.4) is 0 Å². The monoisotopic (exact) mass is 367 g/mol. The molecule has 2 N–H and O–H groups in total. The summed E-state index contributed by atoms with van der Waals surface area (Å²) in [5.41, 5.74) is 0.883. The molecule has 2 amide bonds. The van der Waals surface area contributed by atoms with Crippen LogP contribution >= 0.6 is 0 Å². The molecule has 2 heterocycles. The fraction of sp³-hybridized carbons (Fsp3) is 0.300. The minimum Gasteiger partial charge on any atom is -0.478 e. The highest BCUT2D eigenvalue weighted by molar-refractivity contribution is 5.97. The molecule has 0 unspecified atom stereocenters. The van der Waals surface area contributed by atoms with E-state index in [9.17, 15) is 14.4 Å². The number of nitrogens with zero attached hydrogens (tertiary/aromatic N) is 2. The van der Waals surface area contributed by atoms with Crippen LogP contribution in [0, 0.1) is 5.92 Å². The average molecular weight is 367 g/mol. The van der Waals surface area contributed by atoms with E-state index in [0.717, 1.165) is 12.8 Å². The number of likely N-dealkylation sites (tertiary alicyclic amines) is 1. The zero-order valence-electron chi connectivity index (χ0n) is 14.8. The first kappa shape index (κ1) is 18.6. The third-order valence-electron chi connectivity index (χ3n) is 4.71. The lowest BCUT2D eigenvalue weighted by molar-refractivity contribution is 0.0684. The third kappa shape index (κ3) is 4.69. The van der Waals surface area contributed by atoms with Crippen molar-refractivity contribution in [2.45, 2.75) is 12.8 Å². The molecule has 0 saturated carbocycles. The molecule has 27 heavy (non-hydrogen) atoms. The first-order chi connectivity index (χ1) is 13.0. The molecule has 1 aliphatic heterocycles. The smallest absolute Gasteiger partial charge is 0.335 e. The Balaban J connectivity index is 1.50. The summed E-state index contributed by atoms with van der Waals surface area (Å²) < 4.78 is 0. The summed E-state index contributed by atoms with van der Waals surface area (Å²) in [6.45, 7) is 1.71. The number of aromatic nitrogens is 1. The quantitative estimate of drug-likeness (QED) is 0.843. The van der Waals surface area contributed by atoms with Crippen LogP contribution in [0.5, 0.6) is 0 Å². The molecule has 0 atom stereocenters. The highest BCUT2D eigenvalue weighted by Crippen LogP contribution is 2.19. The van der Waals surface area contributed by atoms with Crippen LogP contribution in [0.15, 0.2) is 48.7 Å². The van der Waals surface area contributed by atoms with Crippen LogP contribution in [0.4, 0.5) is 0 Å². The summed E-state index contributed by atoms with van der Waals surface area (Å²) in [7, 11) is 0. The number of rotatable bonds is 5. The van der Waals surface area contributed by atoms with Gasteiger partial charge < -0.3 is 15.3 Å². The minimum absolute atomic E-state index is 0.105. The van der Waals surface area contributed by atoms with Crippen LogP contribution in [-0.4, -0.2) is 52.4 Å². The maximum absolute atomic E-state index is 12.6. The van der Waals surface area contributed by atoms with Gasteiger partial charge in [0, 0.05) is 31.4 Å². The molecule has 1 saturated heterocycles. The molecule has 0 spiro atoms. The molecule has 7 heteroatoms. The van der Waals surface area contributed by atoms with E-state index in [2.05, 4.69) is 10.3 Å². The summed E-state index contributed by atoms with van der Waals surface area (Å²) in [5.74, 6) is -1.10. The summed E-state index contributed by atoms with van der Waals surface area (Å²) in [6, 6.07) is 11.3. The molecular formula is C20H21N3O4. The number of hydrogen-bond acceptors (Lipinski definition) is 4. The van der Waals surface area contributed by atoms with Gasteiger partial charge >= 0.3 is 5.97 Å². The van der Waals surface area contributed by atoms with E-state index >= 15 is 0 Å². The van der Waals surface area contributed by atoms with Crippen molar-refractivity contribution in [3.8, 4) is 0 Å². The number of carboxylic acid groups (broad SMARTS) is 1. The highest BCUT2D eigenvalue weighted by Gasteiger charge is 2.24. The molecule has 0 radical (unpaired) electrons. The average Bonchev–Trinajstić information content (AvgIpc) is 2.72. The maximum Gasteiger partial charge on any atom is 0.335 e. The van der Waals surface area contributed by atoms with Crippen molar-refractivity contribution in [1.82, 2.24) is 15.2 Å². The Bertz CT molecular complexity index is 830. The van der Waals surface area contributed by atoms with Crippen LogP contribution in [-0.2, 0) is 0 Å². The maximum atomic E-state index is 12.6. The zero-order valence-corrected chi connectivity index (χ0v) is 14.8. The zero-order chi connectivity index (χ0) is 19.2. The standard InChI is InChI=1S/C20H21N3O4/c24-18(17-6-1-2-9-21-17)22-13-14-7-10-23(11-8-14)19(25)15-4-3-5-16(12-15)20(26)27/h1-6,9,12,14H,7-8,10-11,13H2,(H,22,24)(H,26,27). The number of carbonyl (C=O) groups is 3. The van der Waals surface area contributed by atoms with Gasteiger partial charge in [-0.3, -0.25) is 14.6 Å². The van der Waals surface area contributed by atoms with Crippen LogP contribution < -0.4 is 5.32 Å². The van der Waals surface area contributed by atoms with Crippen LogP contribution in [0.25, 0.3) is 0 Å². The van der Waals surface area contributed by atoms with E-state index in [1.54, 1.807) is 41.4 Å². The number of carboxylic acids is 1. The van der Waals surface area contributed by atoms with Crippen LogP contribution in [0.2, 0.25) is 0 Å². The molecule has 1 aromatic heterocycles. The fourth-order valence-corrected chi connectivity index (χ4v) is 3.13. The molecule has 7 nitrogen and oxygen atoms in total. The predicted octanol–water partition coefficient (Wildman–Crippen LogP) is 2.06. The Morgan fingerprint density at radius 3 is 2.48 bits per heavy atom. The number of piperidine rings is 1. The molecule has 2 aromatic rings. The van der Waals surface area contributed by atoms with E-state index in [1.165, 1.54) is 12.1 Å². The van der Waals surface area contributed by atoms with Crippen molar-refractivity contribution in [3.05, 3.63) is 65.5 Å². The van der Waals surface area contributed by atoms with E-state index in [1.807, 2.05) is 0 Å². The molecule has 1 aromatic carbocycles. The molecule has 3 rings (SSSR count). The summed E-state index contributed by atoms with van der Waals surface area (Å²) in [4.78, 5) is 41.5. The second-order valence-electron chi connectivity index (χ2n) is 6.55. The van der Waals surface area contributed by atoms with E-state index in [4.69, 9.17) is 5.11 Å². The SMILES string of the molecule is O=C(O)c1cccc(C(=O)N2CCC(CNC(=O)c3ccccn3)CC2)c1. The van der Waals surface area contributed by atoms with Gasteiger partial charge in [-0.25, -0.2) is 4.79 Å². The predicted molar refractivity (Wildman–Crippen MR) is 98.6 cm³/mol. The number of nitrogens with one attached hydrogen (secondary N) is 1. The highest BCUT2D eigenvalue weighted by atomic mass is 16.4. The normalized spacial score (nSPS) is 14.6. The topological polar surface area (TPSA) is 99.6 Å². The molecular weight excluding hydrogens is 346 g/mol. The lowest BCUT2D eigenvalue weighted by atomic mass is 9.96. The summed E-state index contributed by atoms with van der Waals surface area (Å²) >= 11 is 0. The number of hydrogen-bond donors (Lipinski definition) is 2. The van der Waals surface area contributed by atoms with Crippen molar-refractivity contribution >= 4 is 17.8 Å². The number of pyridine rings is 1. The van der Waals surface area contributed by atoms with Gasteiger partial charge in [-0.05, 0) is 49.1 Å². The lowest BCUT2D eigenvalue weighted by Gasteiger charge is -2.32. The van der Waals surface area contributed by atoms with Gasteiger partial charge in [0.25, 0.3) is 11.8 Å². The van der Waals surface area contributed by atoms with E-state index < -0.39 is 5.97 Å². The number of carbonyl (C=O) groups excluding carboxylic acids is 2. The largest absolute Gasteiger partial charge is 0.478 e. The summed E-state index contributed by atoms with van der Waals surface area (Å²) in [6.07, 6.45) is 3.15. The van der Waals surface area contributed by atoms with Gasteiger partial charge in [0.1, 0.15) is 5.69 Å². The molecule has 140 valence electrons. The van der Waals surface area contributed by atoms with Gasteiger partial charge in [-0.1, -0.05) is 12.1 Å². The molecule has 0 aliphatic carbocycles.